The Morgan fingerprint density at radius 1 is 1.25 bits per heavy atom. The molecule has 1 aliphatic heterocycles. The number of rotatable bonds is 7. The van der Waals surface area contributed by atoms with Gasteiger partial charge in [-0.3, -0.25) is 9.88 Å². The smallest absolute Gasteiger partial charge is 0.123 e. The van der Waals surface area contributed by atoms with Crippen molar-refractivity contribution in [3.8, 4) is 5.75 Å². The maximum Gasteiger partial charge on any atom is 0.123 e. The first-order chi connectivity index (χ1) is 11.8. The third-order valence-electron chi connectivity index (χ3n) is 4.73. The maximum atomic E-state index is 5.56. The number of benzene rings is 1. The van der Waals surface area contributed by atoms with Crippen molar-refractivity contribution in [2.24, 2.45) is 0 Å². The topological polar surface area (TPSA) is 37.4 Å². The molecule has 1 aromatic carbocycles. The summed E-state index contributed by atoms with van der Waals surface area (Å²) in [6.07, 6.45) is 6.34. The van der Waals surface area contributed by atoms with Crippen LogP contribution in [-0.2, 0) is 13.1 Å². The summed E-state index contributed by atoms with van der Waals surface area (Å²) in [5, 5.41) is 3.58. The highest BCUT2D eigenvalue weighted by atomic mass is 16.5. The van der Waals surface area contributed by atoms with E-state index < -0.39 is 0 Å². The third-order valence-corrected chi connectivity index (χ3v) is 4.73. The third kappa shape index (κ3) is 4.34. The number of hydrogen-bond acceptors (Lipinski definition) is 4. The average Bonchev–Trinajstić information content (AvgIpc) is 3.13. The highest BCUT2D eigenvalue weighted by molar-refractivity contribution is 5.38. The molecule has 1 aromatic heterocycles. The van der Waals surface area contributed by atoms with Gasteiger partial charge in [-0.15, -0.1) is 0 Å². The average molecular weight is 325 g/mol. The quantitative estimate of drug-likeness (QED) is 0.845. The van der Waals surface area contributed by atoms with Crippen LogP contribution in [0.2, 0.25) is 0 Å². The Bertz CT molecular complexity index is 639. The minimum atomic E-state index is 0.286. The van der Waals surface area contributed by atoms with E-state index in [1.165, 1.54) is 42.6 Å². The van der Waals surface area contributed by atoms with Crippen molar-refractivity contribution in [1.82, 2.24) is 15.2 Å². The molecule has 4 heteroatoms. The van der Waals surface area contributed by atoms with Crippen LogP contribution in [0.4, 0.5) is 0 Å². The Labute approximate surface area is 144 Å². The van der Waals surface area contributed by atoms with E-state index in [4.69, 9.17) is 4.74 Å². The van der Waals surface area contributed by atoms with Crippen LogP contribution in [0.5, 0.6) is 5.75 Å². The van der Waals surface area contributed by atoms with Crippen molar-refractivity contribution in [2.75, 3.05) is 20.2 Å². The van der Waals surface area contributed by atoms with Gasteiger partial charge in [0.1, 0.15) is 5.75 Å². The molecule has 0 amide bonds. The molecule has 0 unspecified atom stereocenters. The van der Waals surface area contributed by atoms with Gasteiger partial charge in [0.05, 0.1) is 7.11 Å². The normalized spacial score (nSPS) is 16.2. The lowest BCUT2D eigenvalue weighted by atomic mass is 10.0. The summed E-state index contributed by atoms with van der Waals surface area (Å²) < 4.78 is 5.56. The zero-order valence-corrected chi connectivity index (χ0v) is 14.7. The second kappa shape index (κ2) is 8.27. The fourth-order valence-electron chi connectivity index (χ4n) is 3.26. The predicted octanol–water partition coefficient (Wildman–Crippen LogP) is 3.54. The fraction of sp³-hybridized carbons (Fsp3) is 0.450. The summed E-state index contributed by atoms with van der Waals surface area (Å²) in [7, 11) is 1.76. The molecule has 0 saturated carbocycles. The molecule has 24 heavy (non-hydrogen) atoms. The summed E-state index contributed by atoms with van der Waals surface area (Å²) in [5.74, 6) is 0.991. The Morgan fingerprint density at radius 3 is 2.79 bits per heavy atom. The first-order valence-electron chi connectivity index (χ1n) is 8.77. The maximum absolute atomic E-state index is 5.56. The van der Waals surface area contributed by atoms with Gasteiger partial charge in [-0.05, 0) is 62.2 Å². The molecular formula is C20H27N3O. The van der Waals surface area contributed by atoms with Crippen molar-refractivity contribution < 1.29 is 4.74 Å². The molecule has 1 fully saturated rings. The molecule has 1 N–H and O–H groups in total. The molecule has 4 nitrogen and oxygen atoms in total. The second-order valence-corrected chi connectivity index (χ2v) is 6.52. The lowest BCUT2D eigenvalue weighted by Gasteiger charge is -2.20. The molecule has 3 rings (SSSR count). The number of methoxy groups -OCH3 is 1. The highest BCUT2D eigenvalue weighted by Crippen LogP contribution is 2.26. The number of hydrogen-bond donors (Lipinski definition) is 1. The summed E-state index contributed by atoms with van der Waals surface area (Å²) in [6.45, 7) is 6.40. The monoisotopic (exact) mass is 325 g/mol. The van der Waals surface area contributed by atoms with Gasteiger partial charge < -0.3 is 10.1 Å². The van der Waals surface area contributed by atoms with E-state index in [9.17, 15) is 0 Å². The van der Waals surface area contributed by atoms with E-state index in [0.717, 1.165) is 18.8 Å². The lowest BCUT2D eigenvalue weighted by molar-refractivity contribution is 0.320. The molecule has 2 heterocycles. The summed E-state index contributed by atoms with van der Waals surface area (Å²) >= 11 is 0. The Morgan fingerprint density at radius 2 is 2.08 bits per heavy atom. The first-order valence-corrected chi connectivity index (χ1v) is 8.77. The van der Waals surface area contributed by atoms with Crippen LogP contribution in [0.3, 0.4) is 0 Å². The molecule has 0 aliphatic carbocycles. The zero-order valence-electron chi connectivity index (χ0n) is 14.7. The Hall–Kier alpha value is -1.91. The van der Waals surface area contributed by atoms with Gasteiger partial charge in [-0.25, -0.2) is 0 Å². The predicted molar refractivity (Wildman–Crippen MR) is 97.0 cm³/mol. The van der Waals surface area contributed by atoms with Gasteiger partial charge in [0, 0.05) is 37.1 Å². The number of nitrogens with zero attached hydrogens (tertiary/aromatic N) is 2. The molecule has 1 atom stereocenters. The van der Waals surface area contributed by atoms with Gasteiger partial charge in [0.15, 0.2) is 0 Å². The minimum absolute atomic E-state index is 0.286. The zero-order chi connectivity index (χ0) is 16.8. The summed E-state index contributed by atoms with van der Waals surface area (Å²) in [5.41, 5.74) is 3.79. The van der Waals surface area contributed by atoms with E-state index in [-0.39, 0.29) is 6.04 Å². The number of likely N-dealkylation sites (tertiary alicyclic amines) is 1. The van der Waals surface area contributed by atoms with Crippen LogP contribution in [0.15, 0.2) is 42.7 Å². The van der Waals surface area contributed by atoms with Gasteiger partial charge in [0.2, 0.25) is 0 Å². The molecule has 0 spiro atoms. The van der Waals surface area contributed by atoms with Crippen LogP contribution in [0.25, 0.3) is 0 Å². The summed E-state index contributed by atoms with van der Waals surface area (Å²) in [6, 6.07) is 10.9. The second-order valence-electron chi connectivity index (χ2n) is 6.52. The number of aromatic nitrogens is 1. The minimum Gasteiger partial charge on any atom is -0.496 e. The SMILES string of the molecule is COc1ccc([C@@H](C)NCc2cccnc2)cc1CN1CCCC1. The van der Waals surface area contributed by atoms with Crippen molar-refractivity contribution in [1.29, 1.82) is 0 Å². The Kier molecular flexibility index (Phi) is 5.83. The van der Waals surface area contributed by atoms with E-state index in [1.807, 2.05) is 12.3 Å². The van der Waals surface area contributed by atoms with Gasteiger partial charge in [0.25, 0.3) is 0 Å². The van der Waals surface area contributed by atoms with E-state index in [0.29, 0.717) is 0 Å². The van der Waals surface area contributed by atoms with Crippen LogP contribution < -0.4 is 10.1 Å². The van der Waals surface area contributed by atoms with Gasteiger partial charge in [-0.2, -0.15) is 0 Å². The number of ether oxygens (including phenoxy) is 1. The molecule has 128 valence electrons. The van der Waals surface area contributed by atoms with Crippen LogP contribution >= 0.6 is 0 Å². The van der Waals surface area contributed by atoms with E-state index >= 15 is 0 Å². The highest BCUT2D eigenvalue weighted by Gasteiger charge is 2.16. The largest absolute Gasteiger partial charge is 0.496 e. The van der Waals surface area contributed by atoms with Crippen molar-refractivity contribution in [3.05, 3.63) is 59.4 Å². The molecular weight excluding hydrogens is 298 g/mol. The number of pyridine rings is 1. The summed E-state index contributed by atoms with van der Waals surface area (Å²) in [4.78, 5) is 6.68. The molecule has 2 aromatic rings. The fourth-order valence-corrected chi connectivity index (χ4v) is 3.26. The van der Waals surface area contributed by atoms with Crippen molar-refractivity contribution in [2.45, 2.75) is 38.9 Å². The van der Waals surface area contributed by atoms with Crippen molar-refractivity contribution >= 4 is 0 Å². The van der Waals surface area contributed by atoms with E-state index in [1.54, 1.807) is 13.3 Å². The van der Waals surface area contributed by atoms with Crippen LogP contribution in [-0.4, -0.2) is 30.1 Å². The Balaban J connectivity index is 1.67. The van der Waals surface area contributed by atoms with Crippen LogP contribution in [0, 0.1) is 0 Å². The first kappa shape index (κ1) is 16.9. The van der Waals surface area contributed by atoms with Gasteiger partial charge in [-0.1, -0.05) is 12.1 Å². The van der Waals surface area contributed by atoms with Crippen LogP contribution in [0.1, 0.15) is 42.5 Å². The standard InChI is InChI=1S/C20H27N3O/c1-16(22-14-17-6-5-9-21-13-17)18-7-8-20(24-2)19(12-18)15-23-10-3-4-11-23/h5-9,12-13,16,22H,3-4,10-11,14-15H2,1-2H3/t16-/m1/s1. The molecule has 0 bridgehead atoms. The van der Waals surface area contributed by atoms with Crippen molar-refractivity contribution in [3.63, 3.8) is 0 Å². The molecule has 0 radical (unpaired) electrons. The van der Waals surface area contributed by atoms with Gasteiger partial charge >= 0.3 is 0 Å². The van der Waals surface area contributed by atoms with E-state index in [2.05, 4.69) is 46.4 Å². The molecule has 1 aliphatic rings. The molecule has 1 saturated heterocycles. The lowest BCUT2D eigenvalue weighted by Crippen LogP contribution is -2.20. The number of nitrogens with one attached hydrogen (secondary N) is 1.